The third-order valence-corrected chi connectivity index (χ3v) is 7.26. The number of nitrogens with one attached hydrogen (secondary N) is 3. The van der Waals surface area contributed by atoms with E-state index in [1.54, 1.807) is 12.1 Å². The van der Waals surface area contributed by atoms with Gasteiger partial charge in [0.25, 0.3) is 15.9 Å². The topological polar surface area (TPSA) is 108 Å². The predicted octanol–water partition coefficient (Wildman–Crippen LogP) is 4.94. The summed E-state index contributed by atoms with van der Waals surface area (Å²) in [5, 5.41) is 2.93. The van der Waals surface area contributed by atoms with Crippen LogP contribution < -0.4 is 15.5 Å². The molecule has 0 spiro atoms. The Labute approximate surface area is 204 Å². The molecule has 0 aliphatic carbocycles. The second kappa shape index (κ2) is 9.76. The van der Waals surface area contributed by atoms with Crippen molar-refractivity contribution in [2.75, 3.05) is 4.72 Å². The maximum atomic E-state index is 13.1. The van der Waals surface area contributed by atoms with Gasteiger partial charge in [0.2, 0.25) is 5.43 Å². The number of aromatic nitrogens is 1. The summed E-state index contributed by atoms with van der Waals surface area (Å²) in [6.07, 6.45) is 1.35. The van der Waals surface area contributed by atoms with Gasteiger partial charge in [0.15, 0.2) is 0 Å². The van der Waals surface area contributed by atoms with E-state index in [2.05, 4.69) is 28.9 Å². The van der Waals surface area contributed by atoms with Crippen molar-refractivity contribution >= 4 is 32.5 Å². The fraction of sp³-hybridized carbons (Fsp3) is 0.185. The number of rotatable bonds is 7. The Hall–Kier alpha value is -3.91. The lowest BCUT2D eigenvalue weighted by molar-refractivity contribution is 0.0938. The quantitative estimate of drug-likeness (QED) is 0.342. The van der Waals surface area contributed by atoms with Gasteiger partial charge in [0.05, 0.1) is 10.9 Å². The number of hydrogen-bond acceptors (Lipinski definition) is 4. The van der Waals surface area contributed by atoms with E-state index in [4.69, 9.17) is 0 Å². The first-order chi connectivity index (χ1) is 16.7. The van der Waals surface area contributed by atoms with Crippen molar-refractivity contribution in [1.82, 2.24) is 10.3 Å². The molecule has 0 saturated carbocycles. The molecule has 4 aromatic rings. The second-order valence-corrected chi connectivity index (χ2v) is 10.4. The molecule has 180 valence electrons. The summed E-state index contributed by atoms with van der Waals surface area (Å²) in [5.74, 6) is -0.212. The SMILES string of the molecule is CC(C)c1ccc(NS(=O)(=O)c2ccc3[nH]cc(C(=O)NC(C)c4ccccc4)c(=O)c3c2)cc1. The van der Waals surface area contributed by atoms with E-state index in [1.807, 2.05) is 49.4 Å². The molecule has 1 unspecified atom stereocenters. The van der Waals surface area contributed by atoms with Crippen molar-refractivity contribution < 1.29 is 13.2 Å². The summed E-state index contributed by atoms with van der Waals surface area (Å²) < 4.78 is 28.5. The van der Waals surface area contributed by atoms with Crippen LogP contribution in [0.2, 0.25) is 0 Å². The zero-order valence-electron chi connectivity index (χ0n) is 19.7. The van der Waals surface area contributed by atoms with Gasteiger partial charge in [-0.05, 0) is 54.3 Å². The van der Waals surface area contributed by atoms with E-state index in [0.29, 0.717) is 17.1 Å². The zero-order valence-corrected chi connectivity index (χ0v) is 20.5. The molecule has 1 heterocycles. The average molecular weight is 490 g/mol. The summed E-state index contributed by atoms with van der Waals surface area (Å²) in [4.78, 5) is 28.8. The number of pyridine rings is 1. The molecule has 1 amide bonds. The van der Waals surface area contributed by atoms with Crippen LogP contribution in [-0.2, 0) is 10.0 Å². The first-order valence-electron chi connectivity index (χ1n) is 11.3. The normalized spacial score (nSPS) is 12.5. The zero-order chi connectivity index (χ0) is 25.2. The number of carbonyl (C=O) groups excluding carboxylic acids is 1. The van der Waals surface area contributed by atoms with Gasteiger partial charge in [-0.2, -0.15) is 0 Å². The van der Waals surface area contributed by atoms with Gasteiger partial charge in [0.1, 0.15) is 5.56 Å². The van der Waals surface area contributed by atoms with Crippen molar-refractivity contribution in [2.24, 2.45) is 0 Å². The molecule has 35 heavy (non-hydrogen) atoms. The van der Waals surface area contributed by atoms with Gasteiger partial charge in [-0.15, -0.1) is 0 Å². The Balaban J connectivity index is 1.62. The van der Waals surface area contributed by atoms with Crippen molar-refractivity contribution in [1.29, 1.82) is 0 Å². The molecule has 0 radical (unpaired) electrons. The Morgan fingerprint density at radius 2 is 1.57 bits per heavy atom. The van der Waals surface area contributed by atoms with E-state index in [0.717, 1.165) is 11.1 Å². The predicted molar refractivity (Wildman–Crippen MR) is 138 cm³/mol. The number of fused-ring (bicyclic) bond motifs is 1. The Kier molecular flexibility index (Phi) is 6.75. The average Bonchev–Trinajstić information content (AvgIpc) is 2.84. The standard InChI is InChI=1S/C27H27N3O4S/c1-17(2)19-9-11-21(12-10-19)30-35(33,34)22-13-14-25-23(15-22)26(31)24(16-28-25)27(32)29-18(3)20-7-5-4-6-8-20/h4-18,30H,1-3H3,(H,28,31)(H,29,32). The molecule has 0 saturated heterocycles. The van der Waals surface area contributed by atoms with Gasteiger partial charge in [-0.25, -0.2) is 8.42 Å². The number of benzene rings is 3. The van der Waals surface area contributed by atoms with Gasteiger partial charge in [0, 0.05) is 22.8 Å². The summed E-state index contributed by atoms with van der Waals surface area (Å²) in [5.41, 5.74) is 2.22. The van der Waals surface area contributed by atoms with Crippen LogP contribution in [0.5, 0.6) is 0 Å². The fourth-order valence-corrected chi connectivity index (χ4v) is 4.87. The third-order valence-electron chi connectivity index (χ3n) is 5.88. The highest BCUT2D eigenvalue weighted by atomic mass is 32.2. The van der Waals surface area contributed by atoms with Crippen LogP contribution in [0.3, 0.4) is 0 Å². The lowest BCUT2D eigenvalue weighted by atomic mass is 10.0. The molecule has 4 rings (SSSR count). The third kappa shape index (κ3) is 5.27. The van der Waals surface area contributed by atoms with Crippen LogP contribution in [0.25, 0.3) is 10.9 Å². The van der Waals surface area contributed by atoms with Gasteiger partial charge >= 0.3 is 0 Å². The van der Waals surface area contributed by atoms with Crippen LogP contribution in [-0.4, -0.2) is 19.3 Å². The molecule has 7 nitrogen and oxygen atoms in total. The highest BCUT2D eigenvalue weighted by Crippen LogP contribution is 2.22. The van der Waals surface area contributed by atoms with E-state index in [1.165, 1.54) is 24.4 Å². The van der Waals surface area contributed by atoms with E-state index in [9.17, 15) is 18.0 Å². The summed E-state index contributed by atoms with van der Waals surface area (Å²) >= 11 is 0. The highest BCUT2D eigenvalue weighted by molar-refractivity contribution is 7.92. The lowest BCUT2D eigenvalue weighted by Gasteiger charge is -2.14. The van der Waals surface area contributed by atoms with Crippen molar-refractivity contribution in [3.8, 4) is 0 Å². The molecule has 0 fully saturated rings. The number of amides is 1. The minimum absolute atomic E-state index is 0.0707. The minimum Gasteiger partial charge on any atom is -0.360 e. The fourth-order valence-electron chi connectivity index (χ4n) is 3.78. The second-order valence-electron chi connectivity index (χ2n) is 8.73. The van der Waals surface area contributed by atoms with Crippen LogP contribution in [0.15, 0.2) is 88.7 Å². The van der Waals surface area contributed by atoms with E-state index in [-0.39, 0.29) is 21.9 Å². The van der Waals surface area contributed by atoms with E-state index >= 15 is 0 Å². The molecule has 3 aromatic carbocycles. The highest BCUT2D eigenvalue weighted by Gasteiger charge is 2.19. The number of anilines is 1. The van der Waals surface area contributed by atoms with E-state index < -0.39 is 21.4 Å². The van der Waals surface area contributed by atoms with Crippen molar-refractivity contribution in [2.45, 2.75) is 37.6 Å². The number of carbonyl (C=O) groups is 1. The van der Waals surface area contributed by atoms with Crippen LogP contribution in [0, 0.1) is 0 Å². The lowest BCUT2D eigenvalue weighted by Crippen LogP contribution is -2.31. The number of hydrogen-bond donors (Lipinski definition) is 3. The summed E-state index contributed by atoms with van der Waals surface area (Å²) in [7, 11) is -3.95. The monoisotopic (exact) mass is 489 g/mol. The Morgan fingerprint density at radius 3 is 2.23 bits per heavy atom. The Bertz CT molecular complexity index is 1530. The number of aromatic amines is 1. The first kappa shape index (κ1) is 24.2. The van der Waals surface area contributed by atoms with Crippen LogP contribution in [0.1, 0.15) is 54.2 Å². The largest absolute Gasteiger partial charge is 0.360 e. The Morgan fingerprint density at radius 1 is 0.886 bits per heavy atom. The molecule has 0 aliphatic heterocycles. The molecule has 1 atom stereocenters. The molecule has 3 N–H and O–H groups in total. The molecular weight excluding hydrogens is 462 g/mol. The van der Waals surface area contributed by atoms with Gasteiger partial charge < -0.3 is 10.3 Å². The molecule has 0 bridgehead atoms. The first-order valence-corrected chi connectivity index (χ1v) is 12.8. The van der Waals surface area contributed by atoms with Crippen molar-refractivity contribution in [3.63, 3.8) is 0 Å². The van der Waals surface area contributed by atoms with Gasteiger partial charge in [-0.3, -0.25) is 14.3 Å². The summed E-state index contributed by atoms with van der Waals surface area (Å²) in [6.45, 7) is 5.94. The van der Waals surface area contributed by atoms with Crippen LogP contribution in [0.4, 0.5) is 5.69 Å². The molecular formula is C27H27N3O4S. The molecule has 8 heteroatoms. The summed E-state index contributed by atoms with van der Waals surface area (Å²) in [6, 6.07) is 20.5. The maximum Gasteiger partial charge on any atom is 0.261 e. The van der Waals surface area contributed by atoms with Crippen LogP contribution >= 0.6 is 0 Å². The molecule has 1 aromatic heterocycles. The molecule has 0 aliphatic rings. The number of sulfonamides is 1. The maximum absolute atomic E-state index is 13.1. The number of H-pyrrole nitrogens is 1. The van der Waals surface area contributed by atoms with Gasteiger partial charge in [-0.1, -0.05) is 56.3 Å². The van der Waals surface area contributed by atoms with Crippen molar-refractivity contribution in [3.05, 3.63) is 106 Å². The smallest absolute Gasteiger partial charge is 0.261 e. The minimum atomic E-state index is -3.95.